The zero-order valence-electron chi connectivity index (χ0n) is 13.0. The Morgan fingerprint density at radius 1 is 1.25 bits per heavy atom. The highest BCUT2D eigenvalue weighted by Crippen LogP contribution is 2.20. The van der Waals surface area contributed by atoms with Crippen molar-refractivity contribution in [2.45, 2.75) is 18.7 Å². The number of hydrogen-bond acceptors (Lipinski definition) is 6. The highest BCUT2D eigenvalue weighted by molar-refractivity contribution is 7.92. The lowest BCUT2D eigenvalue weighted by molar-refractivity contribution is -0.114. The first-order valence-electron chi connectivity index (χ1n) is 6.94. The first-order valence-corrected chi connectivity index (χ1v) is 8.42. The number of aromatic nitrogens is 2. The van der Waals surface area contributed by atoms with E-state index in [1.807, 2.05) is 0 Å². The fraction of sp³-hybridized carbons (Fsp3) is 0.214. The minimum absolute atomic E-state index is 0.0182. The van der Waals surface area contributed by atoms with Gasteiger partial charge in [-0.25, -0.2) is 13.2 Å². The summed E-state index contributed by atoms with van der Waals surface area (Å²) in [6.45, 7) is 3.14. The molecule has 0 unspecified atom stereocenters. The molecule has 3 N–H and O–H groups in total. The molecule has 1 aromatic carbocycles. The average molecular weight is 352 g/mol. The van der Waals surface area contributed by atoms with Crippen LogP contribution < -0.4 is 10.0 Å². The molecule has 9 nitrogen and oxygen atoms in total. The number of hydrogen-bond donors (Lipinski definition) is 3. The second kappa shape index (κ2) is 7.13. The summed E-state index contributed by atoms with van der Waals surface area (Å²) < 4.78 is 31.8. The first-order chi connectivity index (χ1) is 11.3. The lowest BCUT2D eigenvalue weighted by atomic mass is 10.3. The van der Waals surface area contributed by atoms with Crippen molar-refractivity contribution in [2.24, 2.45) is 0 Å². The van der Waals surface area contributed by atoms with E-state index in [1.54, 1.807) is 6.92 Å². The Kier molecular flexibility index (Phi) is 5.19. The fourth-order valence-corrected chi connectivity index (χ4v) is 2.88. The minimum Gasteiger partial charge on any atom is -0.462 e. The van der Waals surface area contributed by atoms with E-state index in [-0.39, 0.29) is 28.8 Å². The van der Waals surface area contributed by atoms with Crippen molar-refractivity contribution >= 4 is 33.4 Å². The first kappa shape index (κ1) is 17.5. The van der Waals surface area contributed by atoms with Crippen molar-refractivity contribution in [2.75, 3.05) is 16.6 Å². The molecule has 2 rings (SSSR count). The molecular formula is C14H16N4O5S. The summed E-state index contributed by atoms with van der Waals surface area (Å²) in [7, 11) is -3.94. The molecule has 2 aromatic rings. The van der Waals surface area contributed by atoms with Gasteiger partial charge in [-0.3, -0.25) is 14.6 Å². The number of H-pyrrole nitrogens is 1. The van der Waals surface area contributed by atoms with Crippen LogP contribution in [0.15, 0.2) is 35.4 Å². The van der Waals surface area contributed by atoms with Crippen LogP contribution in [-0.2, 0) is 19.6 Å². The molecule has 0 aliphatic rings. The van der Waals surface area contributed by atoms with E-state index in [9.17, 15) is 18.0 Å². The van der Waals surface area contributed by atoms with Crippen LogP contribution in [0.5, 0.6) is 0 Å². The number of amides is 1. The lowest BCUT2D eigenvalue weighted by Crippen LogP contribution is -2.16. The van der Waals surface area contributed by atoms with Crippen molar-refractivity contribution in [1.29, 1.82) is 0 Å². The second-order valence-corrected chi connectivity index (χ2v) is 6.37. The number of benzene rings is 1. The van der Waals surface area contributed by atoms with E-state index in [0.29, 0.717) is 5.69 Å². The number of aromatic amines is 1. The zero-order chi connectivity index (χ0) is 17.7. The molecule has 10 heteroatoms. The van der Waals surface area contributed by atoms with Gasteiger partial charge in [-0.15, -0.1) is 0 Å². The highest BCUT2D eigenvalue weighted by Gasteiger charge is 2.21. The van der Waals surface area contributed by atoms with Crippen LogP contribution >= 0.6 is 0 Å². The Bertz CT molecular complexity index is 842. The number of nitrogens with zero attached hydrogens (tertiary/aromatic N) is 1. The molecule has 0 aliphatic heterocycles. The normalized spacial score (nSPS) is 10.9. The number of carbonyl (C=O) groups is 2. The number of nitrogens with one attached hydrogen (secondary N) is 3. The number of carbonyl (C=O) groups excluding carboxylic acids is 2. The second-order valence-electron chi connectivity index (χ2n) is 4.69. The van der Waals surface area contributed by atoms with Crippen molar-refractivity contribution in [1.82, 2.24) is 10.2 Å². The number of anilines is 2. The number of esters is 1. The van der Waals surface area contributed by atoms with Crippen molar-refractivity contribution < 1.29 is 22.7 Å². The van der Waals surface area contributed by atoms with Crippen LogP contribution in [-0.4, -0.2) is 37.1 Å². The summed E-state index contributed by atoms with van der Waals surface area (Å²) in [4.78, 5) is 22.7. The van der Waals surface area contributed by atoms with Crippen LogP contribution in [0.25, 0.3) is 0 Å². The third-order valence-corrected chi connectivity index (χ3v) is 4.22. The smallest absolute Gasteiger partial charge is 0.343 e. The molecule has 0 spiro atoms. The molecule has 0 atom stereocenters. The molecule has 1 amide bonds. The van der Waals surface area contributed by atoms with Gasteiger partial charge in [0.2, 0.25) is 5.91 Å². The Labute approximate surface area is 138 Å². The van der Waals surface area contributed by atoms with Gasteiger partial charge in [-0.05, 0) is 31.2 Å². The lowest BCUT2D eigenvalue weighted by Gasteiger charge is -2.09. The zero-order valence-corrected chi connectivity index (χ0v) is 13.8. The Balaban J connectivity index is 2.21. The third-order valence-electron chi connectivity index (χ3n) is 2.86. The molecule has 24 heavy (non-hydrogen) atoms. The van der Waals surface area contributed by atoms with Gasteiger partial charge in [-0.2, -0.15) is 5.10 Å². The van der Waals surface area contributed by atoms with Gasteiger partial charge in [0.1, 0.15) is 11.4 Å². The fourth-order valence-electron chi connectivity index (χ4n) is 1.84. The molecule has 0 saturated carbocycles. The molecule has 0 aliphatic carbocycles. The molecule has 128 valence electrons. The monoisotopic (exact) mass is 352 g/mol. The predicted molar refractivity (Wildman–Crippen MR) is 86.1 cm³/mol. The van der Waals surface area contributed by atoms with E-state index in [4.69, 9.17) is 4.74 Å². The number of rotatable bonds is 6. The number of ether oxygens (including phenoxy) is 1. The molecule has 1 aromatic heterocycles. The van der Waals surface area contributed by atoms with Crippen LogP contribution in [0.1, 0.15) is 24.2 Å². The maximum Gasteiger partial charge on any atom is 0.343 e. The molecule has 0 radical (unpaired) electrons. The summed E-state index contributed by atoms with van der Waals surface area (Å²) in [6, 6.07) is 5.56. The largest absolute Gasteiger partial charge is 0.462 e. The van der Waals surface area contributed by atoms with Crippen LogP contribution in [0.2, 0.25) is 0 Å². The summed E-state index contributed by atoms with van der Waals surface area (Å²) in [5, 5.41) is 8.60. The maximum atomic E-state index is 12.4. The summed E-state index contributed by atoms with van der Waals surface area (Å²) in [5.74, 6) is -1.04. The summed E-state index contributed by atoms with van der Waals surface area (Å²) in [6.07, 6.45) is 1.18. The third kappa shape index (κ3) is 4.10. The van der Waals surface area contributed by atoms with Crippen molar-refractivity contribution in [3.8, 4) is 0 Å². The summed E-state index contributed by atoms with van der Waals surface area (Å²) in [5.41, 5.74) is 0.450. The van der Waals surface area contributed by atoms with Crippen LogP contribution in [0.4, 0.5) is 11.5 Å². The number of sulfonamides is 1. The van der Waals surface area contributed by atoms with E-state index in [1.165, 1.54) is 37.4 Å². The van der Waals surface area contributed by atoms with Gasteiger partial charge in [0.15, 0.2) is 0 Å². The van der Waals surface area contributed by atoms with E-state index >= 15 is 0 Å². The van der Waals surface area contributed by atoms with Gasteiger partial charge in [0.05, 0.1) is 17.7 Å². The van der Waals surface area contributed by atoms with Crippen molar-refractivity contribution in [3.63, 3.8) is 0 Å². The van der Waals surface area contributed by atoms with E-state index in [0.717, 1.165) is 0 Å². The summed E-state index contributed by atoms with van der Waals surface area (Å²) >= 11 is 0. The Hall–Kier alpha value is -2.88. The molecule has 0 saturated heterocycles. The Morgan fingerprint density at radius 3 is 2.50 bits per heavy atom. The van der Waals surface area contributed by atoms with Gasteiger partial charge in [0.25, 0.3) is 10.0 Å². The standard InChI is InChI=1S/C14H16N4O5S/c1-3-23-14(20)12-8-15-17-13(12)18-24(21,22)11-6-4-10(5-7-11)16-9(2)19/h4-8H,3H2,1-2H3,(H,16,19)(H2,15,17,18). The van der Waals surface area contributed by atoms with Gasteiger partial charge in [0, 0.05) is 12.6 Å². The van der Waals surface area contributed by atoms with E-state index in [2.05, 4.69) is 20.2 Å². The molecule has 1 heterocycles. The predicted octanol–water partition coefficient (Wildman–Crippen LogP) is 1.35. The van der Waals surface area contributed by atoms with Gasteiger partial charge < -0.3 is 10.1 Å². The van der Waals surface area contributed by atoms with Gasteiger partial charge in [-0.1, -0.05) is 0 Å². The minimum atomic E-state index is -3.94. The van der Waals surface area contributed by atoms with Crippen LogP contribution in [0, 0.1) is 0 Å². The maximum absolute atomic E-state index is 12.4. The van der Waals surface area contributed by atoms with Gasteiger partial charge >= 0.3 is 5.97 Å². The quantitative estimate of drug-likeness (QED) is 0.673. The Morgan fingerprint density at radius 2 is 1.92 bits per heavy atom. The highest BCUT2D eigenvalue weighted by atomic mass is 32.2. The van der Waals surface area contributed by atoms with E-state index < -0.39 is 16.0 Å². The molecular weight excluding hydrogens is 336 g/mol. The molecule has 0 fully saturated rings. The average Bonchev–Trinajstić information content (AvgIpc) is 2.95. The topological polar surface area (TPSA) is 130 Å². The molecule has 0 bridgehead atoms. The van der Waals surface area contributed by atoms with Crippen LogP contribution in [0.3, 0.4) is 0 Å². The van der Waals surface area contributed by atoms with Crippen molar-refractivity contribution in [3.05, 3.63) is 36.0 Å². The SMILES string of the molecule is CCOC(=O)c1cn[nH]c1NS(=O)(=O)c1ccc(NC(C)=O)cc1.